The lowest BCUT2D eigenvalue weighted by Gasteiger charge is -2.18. The number of hydrogen-bond acceptors (Lipinski definition) is 4. The monoisotopic (exact) mass is 515 g/mol. The lowest BCUT2D eigenvalue weighted by molar-refractivity contribution is 0.467. The number of benzene rings is 3. The Kier molecular flexibility index (Phi) is 5.17. The number of anilines is 1. The zero-order valence-corrected chi connectivity index (χ0v) is 17.6. The summed E-state index contributed by atoms with van der Waals surface area (Å²) in [7, 11) is 1.47. The van der Waals surface area contributed by atoms with Gasteiger partial charge < -0.3 is 14.9 Å². The van der Waals surface area contributed by atoms with E-state index in [4.69, 9.17) is 0 Å². The lowest BCUT2D eigenvalue weighted by atomic mass is 9.91. The molecule has 0 heterocycles. The first-order chi connectivity index (χ1) is 11.4. The van der Waals surface area contributed by atoms with E-state index < -0.39 is 0 Å². The Hall–Kier alpha value is -1.12. The smallest absolute Gasteiger partial charge is 0.126 e. The number of rotatable bonds is 3. The van der Waals surface area contributed by atoms with Crippen LogP contribution in [0.3, 0.4) is 0 Å². The average molecular weight is 516 g/mol. The molecular weight excluding hydrogens is 501 g/mol. The highest BCUT2D eigenvalue weighted by atomic mass is 127. The van der Waals surface area contributed by atoms with Crippen LogP contribution in [0.1, 0.15) is 11.1 Å². The molecule has 0 aromatic heterocycles. The predicted molar refractivity (Wildman–Crippen MR) is 115 cm³/mol. The Balaban J connectivity index is 2.43. The third-order valence-corrected chi connectivity index (χ3v) is 5.56. The van der Waals surface area contributed by atoms with E-state index in [-0.39, 0.29) is 11.5 Å². The van der Waals surface area contributed by atoms with Crippen molar-refractivity contribution in [2.75, 3.05) is 4.72 Å². The van der Waals surface area contributed by atoms with Gasteiger partial charge in [-0.1, -0.05) is 28.1 Å². The van der Waals surface area contributed by atoms with Crippen LogP contribution in [0.15, 0.2) is 40.9 Å². The Bertz CT molecular complexity index is 941. The molecule has 0 saturated heterocycles. The molecule has 0 fully saturated rings. The van der Waals surface area contributed by atoms with Crippen molar-refractivity contribution in [3.63, 3.8) is 0 Å². The first-order valence-electron chi connectivity index (χ1n) is 7.22. The van der Waals surface area contributed by atoms with E-state index in [1.807, 2.05) is 44.2 Å². The molecule has 24 heavy (non-hydrogen) atoms. The number of hydrogen-bond donors (Lipinski definition) is 3. The van der Waals surface area contributed by atoms with Crippen molar-refractivity contribution in [3.05, 3.63) is 52.0 Å². The molecule has 124 valence electrons. The van der Waals surface area contributed by atoms with Crippen molar-refractivity contribution in [3.8, 4) is 22.6 Å². The van der Waals surface area contributed by atoms with E-state index in [1.54, 1.807) is 6.07 Å². The van der Waals surface area contributed by atoms with Gasteiger partial charge in [0, 0.05) is 51.6 Å². The molecule has 3 N–H and O–H groups in total. The summed E-state index contributed by atoms with van der Waals surface area (Å²) in [6, 6.07) is 11.4. The Labute approximate surface area is 165 Å². The second-order valence-corrected chi connectivity index (χ2v) is 8.19. The first kappa shape index (κ1) is 17.7. The predicted octanol–water partition coefficient (Wildman–Crippen LogP) is 6.71. The maximum atomic E-state index is 10.7. The van der Waals surface area contributed by atoms with Crippen LogP contribution in [0.4, 0.5) is 5.69 Å². The number of phenols is 2. The number of fused-ring (bicyclic) bond motifs is 1. The molecule has 0 bridgehead atoms. The molecule has 3 rings (SSSR count). The van der Waals surface area contributed by atoms with Crippen LogP contribution in [-0.4, -0.2) is 10.2 Å². The Morgan fingerprint density at radius 1 is 1.04 bits per heavy atom. The molecule has 0 aliphatic carbocycles. The van der Waals surface area contributed by atoms with Gasteiger partial charge in [-0.15, -0.1) is 0 Å². The zero-order chi connectivity index (χ0) is 17.4. The number of halogens is 2. The largest absolute Gasteiger partial charge is 0.507 e. The van der Waals surface area contributed by atoms with E-state index in [0.717, 1.165) is 32.1 Å². The Morgan fingerprint density at radius 2 is 1.75 bits per heavy atom. The van der Waals surface area contributed by atoms with Crippen LogP contribution in [0.5, 0.6) is 11.5 Å². The molecule has 0 radical (unpaired) electrons. The maximum Gasteiger partial charge on any atom is 0.126 e. The van der Waals surface area contributed by atoms with Crippen LogP contribution < -0.4 is 4.72 Å². The molecule has 3 nitrogen and oxygen atoms in total. The van der Waals surface area contributed by atoms with Crippen LogP contribution >= 0.6 is 46.3 Å². The number of aromatic hydroxyl groups is 2. The van der Waals surface area contributed by atoms with Gasteiger partial charge >= 0.3 is 0 Å². The molecule has 0 aliphatic rings. The van der Waals surface area contributed by atoms with Crippen LogP contribution in [0.2, 0.25) is 0 Å². The van der Waals surface area contributed by atoms with Crippen molar-refractivity contribution in [1.82, 2.24) is 0 Å². The van der Waals surface area contributed by atoms with Crippen LogP contribution in [-0.2, 0) is 0 Å². The summed E-state index contributed by atoms with van der Waals surface area (Å²) in [5.74, 6) is 0.344. The minimum Gasteiger partial charge on any atom is -0.507 e. The van der Waals surface area contributed by atoms with Crippen molar-refractivity contribution in [2.45, 2.75) is 13.8 Å². The van der Waals surface area contributed by atoms with Crippen LogP contribution in [0.25, 0.3) is 21.9 Å². The lowest BCUT2D eigenvalue weighted by Crippen LogP contribution is -1.95. The third-order valence-electron chi connectivity index (χ3n) is 4.11. The Morgan fingerprint density at radius 3 is 2.46 bits per heavy atom. The number of aryl methyl sites for hydroxylation is 1. The number of phenolic OH excluding ortho intramolecular Hbond substituents is 2. The fourth-order valence-corrected chi connectivity index (χ4v) is 4.27. The van der Waals surface area contributed by atoms with Gasteiger partial charge in [0.1, 0.15) is 11.5 Å². The molecule has 0 unspecified atom stereocenters. The van der Waals surface area contributed by atoms with E-state index in [2.05, 4.69) is 41.9 Å². The number of nitrogens with one attached hydrogen (secondary N) is 1. The van der Waals surface area contributed by atoms with E-state index in [0.29, 0.717) is 11.1 Å². The molecule has 0 saturated carbocycles. The van der Waals surface area contributed by atoms with Gasteiger partial charge in [-0.25, -0.2) is 0 Å². The van der Waals surface area contributed by atoms with Gasteiger partial charge in [-0.05, 0) is 60.0 Å². The molecule has 6 heteroatoms. The fourth-order valence-electron chi connectivity index (χ4n) is 2.90. The molecular formula is C18H15BrINO2S. The molecule has 3 aromatic carbocycles. The second-order valence-electron chi connectivity index (χ2n) is 5.59. The van der Waals surface area contributed by atoms with Crippen molar-refractivity contribution < 1.29 is 10.2 Å². The third kappa shape index (κ3) is 3.07. The minimum atomic E-state index is 0.151. The molecule has 3 aromatic rings. The summed E-state index contributed by atoms with van der Waals surface area (Å²) < 4.78 is 4.16. The van der Waals surface area contributed by atoms with Crippen molar-refractivity contribution in [1.29, 1.82) is 0 Å². The summed E-state index contributed by atoms with van der Waals surface area (Å²) >= 11 is 5.66. The molecule has 0 aliphatic heterocycles. The average Bonchev–Trinajstić information content (AvgIpc) is 2.55. The van der Waals surface area contributed by atoms with Gasteiger partial charge in [0.15, 0.2) is 0 Å². The minimum absolute atomic E-state index is 0.151. The summed E-state index contributed by atoms with van der Waals surface area (Å²) in [5.41, 5.74) is 3.88. The van der Waals surface area contributed by atoms with Crippen molar-refractivity contribution in [2.24, 2.45) is 0 Å². The fraction of sp³-hybridized carbons (Fsp3) is 0.111. The summed E-state index contributed by atoms with van der Waals surface area (Å²) in [6.07, 6.45) is 0. The summed E-state index contributed by atoms with van der Waals surface area (Å²) in [6.45, 7) is 3.80. The zero-order valence-electron chi connectivity index (χ0n) is 13.0. The highest BCUT2D eigenvalue weighted by Gasteiger charge is 2.20. The summed E-state index contributed by atoms with van der Waals surface area (Å²) in [4.78, 5) is 0. The van der Waals surface area contributed by atoms with Gasteiger partial charge in [0.2, 0.25) is 0 Å². The SMILES string of the molecule is Cc1cc(NSI)c(C)c(-c2c(O)ccc3ccc(Br)cc23)c1O. The van der Waals surface area contributed by atoms with E-state index >= 15 is 0 Å². The van der Waals surface area contributed by atoms with E-state index in [9.17, 15) is 10.2 Å². The maximum absolute atomic E-state index is 10.7. The highest BCUT2D eigenvalue weighted by molar-refractivity contribution is 14.2. The first-order valence-corrected chi connectivity index (χ1v) is 11.4. The molecule has 0 atom stereocenters. The van der Waals surface area contributed by atoms with Gasteiger partial charge in [-0.3, -0.25) is 0 Å². The summed E-state index contributed by atoms with van der Waals surface area (Å²) in [5, 5.41) is 23.2. The normalized spacial score (nSPS) is 11.0. The molecule has 0 amide bonds. The second kappa shape index (κ2) is 7.01. The van der Waals surface area contributed by atoms with Crippen molar-refractivity contribution >= 4 is 62.7 Å². The quantitative estimate of drug-likeness (QED) is 0.206. The topological polar surface area (TPSA) is 52.5 Å². The molecule has 0 spiro atoms. The van der Waals surface area contributed by atoms with Gasteiger partial charge in [-0.2, -0.15) is 0 Å². The van der Waals surface area contributed by atoms with Crippen LogP contribution in [0, 0.1) is 13.8 Å². The van der Waals surface area contributed by atoms with Gasteiger partial charge in [0.25, 0.3) is 0 Å². The highest BCUT2D eigenvalue weighted by Crippen LogP contribution is 2.46. The van der Waals surface area contributed by atoms with E-state index in [1.165, 1.54) is 9.12 Å². The standard InChI is InChI=1S/C18H15BrINO2S/c1-9-7-14(21-24-20)10(2)16(18(9)23)17-13-8-12(19)5-3-11(13)4-6-15(17)22/h3-8,21-23H,1-2H3. The van der Waals surface area contributed by atoms with Gasteiger partial charge in [0.05, 0.1) is 0 Å².